The van der Waals surface area contributed by atoms with Crippen LogP contribution in [0.2, 0.25) is 5.02 Å². The first-order valence-corrected chi connectivity index (χ1v) is 7.93. The normalized spacial score (nSPS) is 10.5. The number of nitrogens with zero attached hydrogens (tertiary/aromatic N) is 1. The molecule has 0 saturated carbocycles. The second kappa shape index (κ2) is 9.66. The predicted octanol–water partition coefficient (Wildman–Crippen LogP) is 4.47. The Bertz CT molecular complexity index is 890. The summed E-state index contributed by atoms with van der Waals surface area (Å²) in [6.45, 7) is -6.76. The van der Waals surface area contributed by atoms with Gasteiger partial charge in [-0.2, -0.15) is 22.8 Å². The summed E-state index contributed by atoms with van der Waals surface area (Å²) in [5.41, 5.74) is 0.295. The van der Waals surface area contributed by atoms with Gasteiger partial charge >= 0.3 is 13.2 Å². The molecule has 0 radical (unpaired) electrons. The third-order valence-corrected chi connectivity index (χ3v) is 3.44. The lowest BCUT2D eigenvalue weighted by Crippen LogP contribution is -2.22. The fraction of sp³-hybridized carbons (Fsp3) is 0.176. The molecule has 0 aromatic heterocycles. The van der Waals surface area contributed by atoms with Crippen LogP contribution in [-0.4, -0.2) is 25.7 Å². The van der Waals surface area contributed by atoms with E-state index in [1.807, 2.05) is 6.07 Å². The number of nitriles is 1. The lowest BCUT2D eigenvalue weighted by atomic mass is 10.2. The number of carbonyl (C=O) groups is 1. The lowest BCUT2D eigenvalue weighted by Gasteiger charge is -2.15. The maximum atomic E-state index is 12.5. The zero-order valence-electron chi connectivity index (χ0n) is 13.9. The van der Waals surface area contributed by atoms with E-state index < -0.39 is 37.2 Å². The number of carbonyl (C=O) groups excluding carboxylic acids is 1. The largest absolute Gasteiger partial charge is 0.435 e. The molecule has 2 aromatic carbocycles. The van der Waals surface area contributed by atoms with Crippen molar-refractivity contribution in [1.29, 1.82) is 5.26 Å². The number of halogens is 5. The van der Waals surface area contributed by atoms with Crippen LogP contribution in [0.25, 0.3) is 0 Å². The van der Waals surface area contributed by atoms with E-state index in [-0.39, 0.29) is 16.9 Å². The zero-order valence-corrected chi connectivity index (χ0v) is 14.6. The number of nitrogens with one attached hydrogen (secondary N) is 2. The third-order valence-electron chi connectivity index (χ3n) is 3.21. The maximum absolute atomic E-state index is 12.5. The molecule has 0 unspecified atom stereocenters. The minimum atomic E-state index is -3.22. The summed E-state index contributed by atoms with van der Waals surface area (Å²) in [7, 11) is 0. The minimum Gasteiger partial charge on any atom is -0.435 e. The van der Waals surface area contributed by atoms with Gasteiger partial charge in [0, 0.05) is 11.1 Å². The summed E-state index contributed by atoms with van der Waals surface area (Å²) in [6.07, 6.45) is 0. The molecule has 0 heterocycles. The van der Waals surface area contributed by atoms with Gasteiger partial charge < -0.3 is 20.1 Å². The molecule has 0 bridgehead atoms. The minimum absolute atomic E-state index is 0.0522. The fourth-order valence-corrected chi connectivity index (χ4v) is 2.28. The summed E-state index contributed by atoms with van der Waals surface area (Å²) in [5.74, 6) is -1.49. The topological polar surface area (TPSA) is 83.4 Å². The van der Waals surface area contributed by atoms with Crippen molar-refractivity contribution in [2.75, 3.05) is 17.2 Å². The zero-order chi connectivity index (χ0) is 20.7. The molecule has 0 saturated heterocycles. The third kappa shape index (κ3) is 6.21. The standard InChI is InChI=1S/C17H12ClF4N3O3/c18-10-2-1-9(7-23)13(5-10)25-15(26)8-24-12-4-3-11(27-16(19)20)6-14(12)28-17(21)22/h1-6,16-17,24H,8H2,(H,25,26). The van der Waals surface area contributed by atoms with Gasteiger partial charge in [-0.3, -0.25) is 4.79 Å². The quantitative estimate of drug-likeness (QED) is 0.619. The first-order chi connectivity index (χ1) is 13.3. The number of alkyl halides is 4. The van der Waals surface area contributed by atoms with Crippen LogP contribution in [0.4, 0.5) is 28.9 Å². The first kappa shape index (κ1) is 21.1. The van der Waals surface area contributed by atoms with Crippen LogP contribution in [0.15, 0.2) is 36.4 Å². The monoisotopic (exact) mass is 417 g/mol. The molecular weight excluding hydrogens is 406 g/mol. The van der Waals surface area contributed by atoms with E-state index in [0.717, 1.165) is 18.2 Å². The Hall–Kier alpha value is -3.19. The van der Waals surface area contributed by atoms with Crippen LogP contribution >= 0.6 is 11.6 Å². The van der Waals surface area contributed by atoms with Gasteiger partial charge in [0.05, 0.1) is 23.5 Å². The van der Waals surface area contributed by atoms with Crippen LogP contribution in [-0.2, 0) is 4.79 Å². The molecule has 6 nitrogen and oxygen atoms in total. The van der Waals surface area contributed by atoms with Gasteiger partial charge in [-0.1, -0.05) is 11.6 Å². The van der Waals surface area contributed by atoms with Crippen LogP contribution < -0.4 is 20.1 Å². The van der Waals surface area contributed by atoms with Crippen molar-refractivity contribution < 1.29 is 31.8 Å². The summed E-state index contributed by atoms with van der Waals surface area (Å²) in [4.78, 5) is 12.1. The molecule has 0 atom stereocenters. The van der Waals surface area contributed by atoms with Gasteiger partial charge in [-0.25, -0.2) is 0 Å². The van der Waals surface area contributed by atoms with E-state index in [9.17, 15) is 22.4 Å². The second-order valence-corrected chi connectivity index (χ2v) is 5.55. The number of benzene rings is 2. The van der Waals surface area contributed by atoms with Crippen molar-refractivity contribution in [2.45, 2.75) is 13.2 Å². The van der Waals surface area contributed by atoms with Gasteiger partial charge in [-0.05, 0) is 30.3 Å². The smallest absolute Gasteiger partial charge is 0.387 e. The van der Waals surface area contributed by atoms with Gasteiger partial charge in [0.25, 0.3) is 0 Å². The number of anilines is 2. The van der Waals surface area contributed by atoms with Gasteiger partial charge in [0.15, 0.2) is 5.75 Å². The van der Waals surface area contributed by atoms with E-state index in [4.69, 9.17) is 16.9 Å². The summed E-state index contributed by atoms with van der Waals surface area (Å²) < 4.78 is 58.0. The molecule has 148 valence electrons. The Balaban J connectivity index is 2.09. The van der Waals surface area contributed by atoms with E-state index in [0.29, 0.717) is 5.02 Å². The number of rotatable bonds is 8. The molecule has 2 aromatic rings. The molecule has 0 aliphatic carbocycles. The fourth-order valence-electron chi connectivity index (χ4n) is 2.11. The molecule has 0 spiro atoms. The summed E-state index contributed by atoms with van der Waals surface area (Å²) >= 11 is 5.82. The van der Waals surface area contributed by atoms with Gasteiger partial charge in [0.1, 0.15) is 11.8 Å². The average molecular weight is 418 g/mol. The predicted molar refractivity (Wildman–Crippen MR) is 93.0 cm³/mol. The number of hydrogen-bond donors (Lipinski definition) is 2. The Labute approximate surface area is 161 Å². The van der Waals surface area contributed by atoms with Crippen LogP contribution in [0, 0.1) is 11.3 Å². The second-order valence-electron chi connectivity index (χ2n) is 5.12. The van der Waals surface area contributed by atoms with Crippen molar-refractivity contribution in [3.05, 3.63) is 47.0 Å². The van der Waals surface area contributed by atoms with Crippen molar-refractivity contribution in [1.82, 2.24) is 0 Å². The Kier molecular flexibility index (Phi) is 7.28. The van der Waals surface area contributed by atoms with Crippen molar-refractivity contribution in [2.24, 2.45) is 0 Å². The Morgan fingerprint density at radius 1 is 1.07 bits per heavy atom. The molecule has 0 aliphatic rings. The van der Waals surface area contributed by atoms with E-state index in [1.165, 1.54) is 18.2 Å². The molecule has 0 aliphatic heterocycles. The van der Waals surface area contributed by atoms with Crippen LogP contribution in [0.1, 0.15) is 5.56 Å². The maximum Gasteiger partial charge on any atom is 0.387 e. The number of hydrogen-bond acceptors (Lipinski definition) is 5. The van der Waals surface area contributed by atoms with Crippen LogP contribution in [0.3, 0.4) is 0 Å². The average Bonchev–Trinajstić information content (AvgIpc) is 2.60. The van der Waals surface area contributed by atoms with Crippen molar-refractivity contribution >= 4 is 28.9 Å². The molecule has 11 heteroatoms. The van der Waals surface area contributed by atoms with Crippen LogP contribution in [0.5, 0.6) is 11.5 Å². The van der Waals surface area contributed by atoms with Gasteiger partial charge in [0.2, 0.25) is 5.91 Å². The van der Waals surface area contributed by atoms with E-state index in [2.05, 4.69) is 20.1 Å². The Morgan fingerprint density at radius 3 is 2.43 bits per heavy atom. The highest BCUT2D eigenvalue weighted by atomic mass is 35.5. The lowest BCUT2D eigenvalue weighted by molar-refractivity contribution is -0.114. The van der Waals surface area contributed by atoms with Crippen molar-refractivity contribution in [3.8, 4) is 17.6 Å². The number of ether oxygens (including phenoxy) is 2. The van der Waals surface area contributed by atoms with Crippen molar-refractivity contribution in [3.63, 3.8) is 0 Å². The molecule has 0 fully saturated rings. The Morgan fingerprint density at radius 2 is 1.79 bits per heavy atom. The highest BCUT2D eigenvalue weighted by molar-refractivity contribution is 6.31. The first-order valence-electron chi connectivity index (χ1n) is 7.55. The molecule has 1 amide bonds. The molecule has 28 heavy (non-hydrogen) atoms. The van der Waals surface area contributed by atoms with E-state index in [1.54, 1.807) is 0 Å². The SMILES string of the molecule is N#Cc1ccc(Cl)cc1NC(=O)CNc1ccc(OC(F)F)cc1OC(F)F. The van der Waals surface area contributed by atoms with E-state index >= 15 is 0 Å². The highest BCUT2D eigenvalue weighted by Crippen LogP contribution is 2.31. The van der Waals surface area contributed by atoms with Gasteiger partial charge in [-0.15, -0.1) is 0 Å². The highest BCUT2D eigenvalue weighted by Gasteiger charge is 2.15. The summed E-state index contributed by atoms with van der Waals surface area (Å²) in [5, 5.41) is 14.3. The summed E-state index contributed by atoms with van der Waals surface area (Å²) in [6, 6.07) is 9.22. The number of amides is 1. The molecule has 2 rings (SSSR count). The molecular formula is C17H12ClF4N3O3. The molecule has 2 N–H and O–H groups in total.